The number of carbonyl (C=O) groups excluding carboxylic acids is 2. The van der Waals surface area contributed by atoms with Crippen molar-refractivity contribution in [1.29, 1.82) is 0 Å². The monoisotopic (exact) mass is 450 g/mol. The summed E-state index contributed by atoms with van der Waals surface area (Å²) in [6.45, 7) is 6.30. The van der Waals surface area contributed by atoms with Crippen molar-refractivity contribution in [3.63, 3.8) is 0 Å². The van der Waals surface area contributed by atoms with Gasteiger partial charge in [0.05, 0.1) is 12.2 Å². The minimum atomic E-state index is -0.575. The van der Waals surface area contributed by atoms with E-state index >= 15 is 0 Å². The molecule has 1 aliphatic heterocycles. The van der Waals surface area contributed by atoms with Crippen LogP contribution in [-0.2, 0) is 17.7 Å². The van der Waals surface area contributed by atoms with Crippen LogP contribution in [0.25, 0.3) is 0 Å². The van der Waals surface area contributed by atoms with Gasteiger partial charge in [-0.25, -0.2) is 4.79 Å². The van der Waals surface area contributed by atoms with Gasteiger partial charge in [-0.05, 0) is 45.0 Å². The Labute approximate surface area is 191 Å². The molecule has 1 aliphatic rings. The lowest BCUT2D eigenvalue weighted by atomic mass is 10.1. The van der Waals surface area contributed by atoms with Gasteiger partial charge in [0.1, 0.15) is 5.60 Å². The molecule has 8 heteroatoms. The quantitative estimate of drug-likeness (QED) is 0.577. The maximum atomic E-state index is 13.1. The van der Waals surface area contributed by atoms with Crippen molar-refractivity contribution < 1.29 is 14.3 Å². The van der Waals surface area contributed by atoms with Gasteiger partial charge < -0.3 is 15.0 Å². The summed E-state index contributed by atoms with van der Waals surface area (Å²) in [7, 11) is 0. The first-order valence-corrected chi connectivity index (χ1v) is 11.3. The number of para-hydroxylation sites is 1. The molecule has 32 heavy (non-hydrogen) atoms. The SMILES string of the molecule is CC(C)(C)OC(=O)N1CCc2[nH]nc(C(=O)Nc3ccccc3Sc3ccccc3)c2C1. The van der Waals surface area contributed by atoms with Crippen LogP contribution in [0, 0.1) is 0 Å². The fourth-order valence-corrected chi connectivity index (χ4v) is 4.34. The van der Waals surface area contributed by atoms with Crippen LogP contribution in [0.2, 0.25) is 0 Å². The molecule has 0 saturated heterocycles. The predicted octanol–water partition coefficient (Wildman–Crippen LogP) is 5.11. The van der Waals surface area contributed by atoms with Gasteiger partial charge in [0.2, 0.25) is 0 Å². The lowest BCUT2D eigenvalue weighted by Crippen LogP contribution is -2.40. The largest absolute Gasteiger partial charge is 0.444 e. The van der Waals surface area contributed by atoms with Crippen LogP contribution in [-0.4, -0.2) is 39.2 Å². The van der Waals surface area contributed by atoms with Gasteiger partial charge in [0.25, 0.3) is 5.91 Å². The number of hydrogen-bond donors (Lipinski definition) is 2. The molecule has 2 N–H and O–H groups in total. The Balaban J connectivity index is 1.51. The Morgan fingerprint density at radius 2 is 1.81 bits per heavy atom. The van der Waals surface area contributed by atoms with Crippen molar-refractivity contribution in [3.8, 4) is 0 Å². The smallest absolute Gasteiger partial charge is 0.410 e. The van der Waals surface area contributed by atoms with Crippen molar-refractivity contribution in [3.05, 3.63) is 71.5 Å². The summed E-state index contributed by atoms with van der Waals surface area (Å²) >= 11 is 1.58. The normalized spacial score (nSPS) is 13.4. The first-order valence-electron chi connectivity index (χ1n) is 10.5. The van der Waals surface area contributed by atoms with Gasteiger partial charge in [-0.3, -0.25) is 9.89 Å². The third kappa shape index (κ3) is 5.13. The fraction of sp³-hybridized carbons (Fsp3) is 0.292. The first kappa shape index (κ1) is 22.0. The fourth-order valence-electron chi connectivity index (χ4n) is 3.42. The third-order valence-corrected chi connectivity index (χ3v) is 5.99. The highest BCUT2D eigenvalue weighted by atomic mass is 32.2. The van der Waals surface area contributed by atoms with E-state index in [2.05, 4.69) is 15.5 Å². The number of rotatable bonds is 4. The summed E-state index contributed by atoms with van der Waals surface area (Å²) in [6.07, 6.45) is 0.204. The average Bonchev–Trinajstić information content (AvgIpc) is 3.18. The highest BCUT2D eigenvalue weighted by Crippen LogP contribution is 2.33. The second kappa shape index (κ2) is 9.08. The minimum absolute atomic E-state index is 0.282. The molecule has 0 bridgehead atoms. The molecule has 0 atom stereocenters. The molecule has 2 heterocycles. The topological polar surface area (TPSA) is 87.3 Å². The number of H-pyrrole nitrogens is 1. The Hall–Kier alpha value is -3.26. The Kier molecular flexibility index (Phi) is 6.23. The molecule has 0 spiro atoms. The van der Waals surface area contributed by atoms with E-state index in [9.17, 15) is 9.59 Å². The van der Waals surface area contributed by atoms with Crippen LogP contribution in [0.1, 0.15) is 42.5 Å². The van der Waals surface area contributed by atoms with E-state index in [1.54, 1.807) is 16.7 Å². The number of aromatic amines is 1. The van der Waals surface area contributed by atoms with Crippen LogP contribution in [0.3, 0.4) is 0 Å². The van der Waals surface area contributed by atoms with E-state index in [4.69, 9.17) is 4.74 Å². The van der Waals surface area contributed by atoms with Crippen LogP contribution in [0.5, 0.6) is 0 Å². The van der Waals surface area contributed by atoms with E-state index < -0.39 is 5.60 Å². The molecule has 166 valence electrons. The Morgan fingerprint density at radius 1 is 1.09 bits per heavy atom. The molecule has 0 radical (unpaired) electrons. The molecule has 0 saturated carbocycles. The zero-order valence-corrected chi connectivity index (χ0v) is 19.2. The number of carbonyl (C=O) groups is 2. The molecule has 4 rings (SSSR count). The number of hydrogen-bond acceptors (Lipinski definition) is 5. The van der Waals surface area contributed by atoms with Crippen molar-refractivity contribution in [2.75, 3.05) is 11.9 Å². The Bertz CT molecular complexity index is 1120. The lowest BCUT2D eigenvalue weighted by molar-refractivity contribution is 0.0222. The number of benzene rings is 2. The molecule has 0 fully saturated rings. The molecule has 2 aromatic carbocycles. The molecular weight excluding hydrogens is 424 g/mol. The van der Waals surface area contributed by atoms with E-state index in [0.717, 1.165) is 21.0 Å². The number of amides is 2. The minimum Gasteiger partial charge on any atom is -0.444 e. The molecule has 1 aromatic heterocycles. The van der Waals surface area contributed by atoms with Gasteiger partial charge in [0, 0.05) is 34.0 Å². The van der Waals surface area contributed by atoms with Gasteiger partial charge in [-0.15, -0.1) is 0 Å². The van der Waals surface area contributed by atoms with Gasteiger partial charge >= 0.3 is 6.09 Å². The summed E-state index contributed by atoms with van der Waals surface area (Å²) in [5, 5.41) is 10.2. The zero-order valence-electron chi connectivity index (χ0n) is 18.3. The summed E-state index contributed by atoms with van der Waals surface area (Å²) < 4.78 is 5.49. The summed E-state index contributed by atoms with van der Waals surface area (Å²) in [5.41, 5.74) is 2.04. The number of fused-ring (bicyclic) bond motifs is 1. The maximum Gasteiger partial charge on any atom is 0.410 e. The summed E-state index contributed by atoms with van der Waals surface area (Å²) in [5.74, 6) is -0.311. The number of ether oxygens (including phenoxy) is 1. The number of nitrogens with one attached hydrogen (secondary N) is 2. The van der Waals surface area contributed by atoms with Crippen LogP contribution in [0.15, 0.2) is 64.4 Å². The molecule has 2 amide bonds. The van der Waals surface area contributed by atoms with Crippen LogP contribution in [0.4, 0.5) is 10.5 Å². The van der Waals surface area contributed by atoms with Crippen molar-refractivity contribution in [2.45, 2.75) is 49.1 Å². The van der Waals surface area contributed by atoms with Crippen molar-refractivity contribution in [2.24, 2.45) is 0 Å². The third-order valence-electron chi connectivity index (χ3n) is 4.91. The van der Waals surface area contributed by atoms with Gasteiger partial charge in [-0.2, -0.15) is 5.10 Å². The second-order valence-electron chi connectivity index (χ2n) is 8.55. The van der Waals surface area contributed by atoms with Crippen LogP contribution < -0.4 is 5.32 Å². The standard InChI is InChI=1S/C24H26N4O3S/c1-24(2,3)31-23(30)28-14-13-18-17(15-28)21(27-26-18)22(29)25-19-11-7-8-12-20(19)32-16-9-5-4-6-10-16/h4-12H,13-15H2,1-3H3,(H,25,29)(H,26,27). The number of aromatic nitrogens is 2. The maximum absolute atomic E-state index is 13.1. The highest BCUT2D eigenvalue weighted by molar-refractivity contribution is 7.99. The Morgan fingerprint density at radius 3 is 2.56 bits per heavy atom. The zero-order chi connectivity index (χ0) is 22.7. The average molecular weight is 451 g/mol. The molecule has 0 unspecified atom stereocenters. The summed E-state index contributed by atoms with van der Waals surface area (Å²) in [6, 6.07) is 17.7. The number of nitrogens with zero attached hydrogens (tertiary/aromatic N) is 2. The highest BCUT2D eigenvalue weighted by Gasteiger charge is 2.30. The van der Waals surface area contributed by atoms with E-state index in [1.807, 2.05) is 75.4 Å². The van der Waals surface area contributed by atoms with Crippen LogP contribution >= 0.6 is 11.8 Å². The molecule has 7 nitrogen and oxygen atoms in total. The number of anilines is 1. The van der Waals surface area contributed by atoms with Crippen molar-refractivity contribution in [1.82, 2.24) is 15.1 Å². The summed E-state index contributed by atoms with van der Waals surface area (Å²) in [4.78, 5) is 29.3. The second-order valence-corrected chi connectivity index (χ2v) is 9.66. The molecule has 0 aliphatic carbocycles. The van der Waals surface area contributed by atoms with E-state index in [0.29, 0.717) is 24.3 Å². The van der Waals surface area contributed by atoms with Gasteiger partial charge in [0.15, 0.2) is 5.69 Å². The predicted molar refractivity (Wildman–Crippen MR) is 124 cm³/mol. The first-order chi connectivity index (χ1) is 15.3. The van der Waals surface area contributed by atoms with E-state index in [-0.39, 0.29) is 18.5 Å². The van der Waals surface area contributed by atoms with Crippen molar-refractivity contribution >= 4 is 29.4 Å². The lowest BCUT2D eigenvalue weighted by Gasteiger charge is -2.30. The molecule has 3 aromatic rings. The molecular formula is C24H26N4O3S. The van der Waals surface area contributed by atoms with Gasteiger partial charge in [-0.1, -0.05) is 42.1 Å². The van der Waals surface area contributed by atoms with E-state index in [1.165, 1.54) is 0 Å².